The summed E-state index contributed by atoms with van der Waals surface area (Å²) in [6.07, 6.45) is 3.52. The summed E-state index contributed by atoms with van der Waals surface area (Å²) in [6.45, 7) is 6.05. The molecule has 1 aromatic rings. The van der Waals surface area contributed by atoms with Crippen molar-refractivity contribution in [3.05, 3.63) is 17.0 Å². The third-order valence-electron chi connectivity index (χ3n) is 4.90. The second-order valence-electron chi connectivity index (χ2n) is 6.32. The fourth-order valence-electron chi connectivity index (χ4n) is 4.08. The Morgan fingerprint density at radius 1 is 1.17 bits per heavy atom. The van der Waals surface area contributed by atoms with E-state index in [1.165, 1.54) is 50.3 Å². The van der Waals surface area contributed by atoms with Gasteiger partial charge in [-0.05, 0) is 31.7 Å². The number of likely N-dealkylation sites (tertiary alicyclic amines) is 2. The zero-order valence-electron chi connectivity index (χ0n) is 11.1. The molecule has 4 rings (SSSR count). The first-order valence-corrected chi connectivity index (χ1v) is 7.17. The van der Waals surface area contributed by atoms with Crippen molar-refractivity contribution in [2.45, 2.75) is 25.8 Å². The molecule has 0 saturated carbocycles. The number of aryl methyl sites for hydroxylation is 1. The Labute approximate surface area is 108 Å². The summed E-state index contributed by atoms with van der Waals surface area (Å²) < 4.78 is 5.44. The van der Waals surface area contributed by atoms with Crippen LogP contribution in [0.3, 0.4) is 0 Å². The van der Waals surface area contributed by atoms with Crippen molar-refractivity contribution in [2.75, 3.05) is 33.2 Å². The molecule has 4 heteroatoms. The lowest BCUT2D eigenvalue weighted by Crippen LogP contribution is -2.26. The van der Waals surface area contributed by atoms with Gasteiger partial charge < -0.3 is 9.42 Å². The number of hydrogen-bond donors (Lipinski definition) is 0. The van der Waals surface area contributed by atoms with Gasteiger partial charge in [-0.15, -0.1) is 0 Å². The number of nitrogens with zero attached hydrogens (tertiary/aromatic N) is 3. The third-order valence-corrected chi connectivity index (χ3v) is 4.90. The van der Waals surface area contributed by atoms with E-state index < -0.39 is 0 Å². The summed E-state index contributed by atoms with van der Waals surface area (Å²) >= 11 is 0. The van der Waals surface area contributed by atoms with Crippen molar-refractivity contribution in [2.24, 2.45) is 11.8 Å². The lowest BCUT2D eigenvalue weighted by atomic mass is 10.0. The van der Waals surface area contributed by atoms with Crippen LogP contribution in [0.15, 0.2) is 4.52 Å². The van der Waals surface area contributed by atoms with Gasteiger partial charge in [0.2, 0.25) is 0 Å². The van der Waals surface area contributed by atoms with Gasteiger partial charge in [0, 0.05) is 44.7 Å². The summed E-state index contributed by atoms with van der Waals surface area (Å²) in [7, 11) is 2.24. The highest BCUT2D eigenvalue weighted by molar-refractivity contribution is 5.27. The summed E-state index contributed by atoms with van der Waals surface area (Å²) in [5.41, 5.74) is 2.64. The highest BCUT2D eigenvalue weighted by atomic mass is 16.5. The van der Waals surface area contributed by atoms with Crippen molar-refractivity contribution in [3.63, 3.8) is 0 Å². The fourth-order valence-corrected chi connectivity index (χ4v) is 4.08. The van der Waals surface area contributed by atoms with Gasteiger partial charge in [-0.1, -0.05) is 5.16 Å². The van der Waals surface area contributed by atoms with Crippen LogP contribution in [0, 0.1) is 11.8 Å². The average Bonchev–Trinajstić information content (AvgIpc) is 2.99. The Balaban J connectivity index is 1.44. The molecule has 0 spiro atoms. The van der Waals surface area contributed by atoms with Crippen molar-refractivity contribution in [1.29, 1.82) is 0 Å². The molecule has 0 aromatic carbocycles. The molecule has 0 radical (unpaired) electrons. The van der Waals surface area contributed by atoms with Crippen molar-refractivity contribution < 1.29 is 4.52 Å². The molecule has 3 heterocycles. The lowest BCUT2D eigenvalue weighted by molar-refractivity contribution is 0.263. The molecule has 98 valence electrons. The summed E-state index contributed by atoms with van der Waals surface area (Å²) in [5, 5.41) is 4.28. The minimum absolute atomic E-state index is 0.884. The van der Waals surface area contributed by atoms with Crippen LogP contribution < -0.4 is 0 Å². The van der Waals surface area contributed by atoms with Gasteiger partial charge in [0.25, 0.3) is 0 Å². The first kappa shape index (κ1) is 11.0. The fraction of sp³-hybridized carbons (Fsp3) is 0.786. The van der Waals surface area contributed by atoms with Crippen LogP contribution >= 0.6 is 0 Å². The molecule has 3 aliphatic rings. The van der Waals surface area contributed by atoms with E-state index in [1.54, 1.807) is 0 Å². The van der Waals surface area contributed by atoms with Crippen LogP contribution in [-0.2, 0) is 19.4 Å². The van der Waals surface area contributed by atoms with E-state index in [2.05, 4.69) is 22.0 Å². The minimum Gasteiger partial charge on any atom is -0.361 e. The van der Waals surface area contributed by atoms with Gasteiger partial charge in [0.05, 0.1) is 0 Å². The van der Waals surface area contributed by atoms with E-state index >= 15 is 0 Å². The highest BCUT2D eigenvalue weighted by Crippen LogP contribution is 2.32. The number of rotatable bonds is 2. The maximum Gasteiger partial charge on any atom is 0.140 e. The van der Waals surface area contributed by atoms with Gasteiger partial charge in [-0.25, -0.2) is 0 Å². The van der Waals surface area contributed by atoms with Gasteiger partial charge >= 0.3 is 0 Å². The zero-order chi connectivity index (χ0) is 12.1. The lowest BCUT2D eigenvalue weighted by Gasteiger charge is -2.17. The van der Waals surface area contributed by atoms with E-state index in [4.69, 9.17) is 4.52 Å². The summed E-state index contributed by atoms with van der Waals surface area (Å²) in [5.74, 6) is 2.93. The van der Waals surface area contributed by atoms with E-state index in [1.807, 2.05) is 0 Å². The normalized spacial score (nSPS) is 32.1. The number of fused-ring (bicyclic) bond motifs is 2. The SMILES string of the molecule is CN1CC2CN(Cc3noc4c3CCC4)CC2C1. The first-order valence-electron chi connectivity index (χ1n) is 7.17. The molecule has 2 fully saturated rings. The standard InChI is InChI=1S/C14H21N3O/c1-16-5-10-7-17(8-11(10)6-16)9-13-12-3-2-4-14(12)18-15-13/h10-11H,2-9H2,1H3. The number of aromatic nitrogens is 1. The van der Waals surface area contributed by atoms with Crippen LogP contribution in [-0.4, -0.2) is 48.2 Å². The van der Waals surface area contributed by atoms with E-state index in [0.717, 1.165) is 30.6 Å². The van der Waals surface area contributed by atoms with Crippen LogP contribution in [0.4, 0.5) is 0 Å². The molecule has 1 aromatic heterocycles. The predicted octanol–water partition coefficient (Wildman–Crippen LogP) is 1.16. The molecular formula is C14H21N3O. The molecule has 2 atom stereocenters. The van der Waals surface area contributed by atoms with Gasteiger partial charge in [0.15, 0.2) is 0 Å². The molecule has 0 bridgehead atoms. The first-order chi connectivity index (χ1) is 8.79. The van der Waals surface area contributed by atoms with Crippen LogP contribution in [0.25, 0.3) is 0 Å². The van der Waals surface area contributed by atoms with Gasteiger partial charge in [0.1, 0.15) is 11.5 Å². The quantitative estimate of drug-likeness (QED) is 0.785. The van der Waals surface area contributed by atoms with Crippen molar-refractivity contribution >= 4 is 0 Å². The maximum atomic E-state index is 5.44. The average molecular weight is 247 g/mol. The van der Waals surface area contributed by atoms with Gasteiger partial charge in [-0.3, -0.25) is 4.90 Å². The zero-order valence-corrected chi connectivity index (χ0v) is 11.1. The Morgan fingerprint density at radius 3 is 2.72 bits per heavy atom. The molecule has 0 amide bonds. The molecule has 4 nitrogen and oxygen atoms in total. The Kier molecular flexibility index (Phi) is 2.49. The molecule has 0 N–H and O–H groups in total. The van der Waals surface area contributed by atoms with Crippen molar-refractivity contribution in [3.8, 4) is 0 Å². The topological polar surface area (TPSA) is 32.5 Å². The van der Waals surface area contributed by atoms with Crippen LogP contribution in [0.2, 0.25) is 0 Å². The van der Waals surface area contributed by atoms with E-state index in [0.29, 0.717) is 0 Å². The molecule has 1 aliphatic carbocycles. The smallest absolute Gasteiger partial charge is 0.140 e. The van der Waals surface area contributed by atoms with Gasteiger partial charge in [-0.2, -0.15) is 0 Å². The Morgan fingerprint density at radius 2 is 1.94 bits per heavy atom. The van der Waals surface area contributed by atoms with Crippen LogP contribution in [0.5, 0.6) is 0 Å². The second-order valence-corrected chi connectivity index (χ2v) is 6.32. The largest absolute Gasteiger partial charge is 0.361 e. The monoisotopic (exact) mass is 247 g/mol. The van der Waals surface area contributed by atoms with E-state index in [9.17, 15) is 0 Å². The summed E-state index contributed by atoms with van der Waals surface area (Å²) in [6, 6.07) is 0. The van der Waals surface area contributed by atoms with Crippen molar-refractivity contribution in [1.82, 2.24) is 15.0 Å². The molecule has 2 aliphatic heterocycles. The molecular weight excluding hydrogens is 226 g/mol. The van der Waals surface area contributed by atoms with E-state index in [-0.39, 0.29) is 0 Å². The molecule has 18 heavy (non-hydrogen) atoms. The minimum atomic E-state index is 0.884. The van der Waals surface area contributed by atoms with Crippen LogP contribution in [0.1, 0.15) is 23.4 Å². The second kappa shape index (κ2) is 4.07. The highest BCUT2D eigenvalue weighted by Gasteiger charge is 2.39. The summed E-state index contributed by atoms with van der Waals surface area (Å²) in [4.78, 5) is 5.05. The Bertz CT molecular complexity index is 442. The Hall–Kier alpha value is -0.870. The molecule has 2 unspecified atom stereocenters. The maximum absolute atomic E-state index is 5.44. The third kappa shape index (κ3) is 1.70. The molecule has 2 saturated heterocycles. The predicted molar refractivity (Wildman–Crippen MR) is 68.3 cm³/mol. The number of hydrogen-bond acceptors (Lipinski definition) is 4.